The topological polar surface area (TPSA) is 18.5 Å². The average molecular weight is 236 g/mol. The molecule has 0 spiro atoms. The summed E-state index contributed by atoms with van der Waals surface area (Å²) < 4.78 is 12.4. The Morgan fingerprint density at radius 3 is 2.12 bits per heavy atom. The van der Waals surface area contributed by atoms with Crippen molar-refractivity contribution in [2.24, 2.45) is 11.8 Å². The molecule has 0 radical (unpaired) electrons. The summed E-state index contributed by atoms with van der Waals surface area (Å²) in [5.41, 5.74) is -0.311. The van der Waals surface area contributed by atoms with Crippen LogP contribution in [0.4, 0.5) is 0 Å². The molecule has 3 fully saturated rings. The van der Waals surface area contributed by atoms with E-state index >= 15 is 0 Å². The average Bonchev–Trinajstić information content (AvgIpc) is 2.38. The minimum Gasteiger partial charge on any atom is -0.403 e. The van der Waals surface area contributed by atoms with Crippen LogP contribution in [0.15, 0.2) is 0 Å². The van der Waals surface area contributed by atoms with Gasteiger partial charge in [0.15, 0.2) is 0 Å². The first-order chi connectivity index (χ1) is 7.91. The van der Waals surface area contributed by atoms with E-state index in [1.54, 1.807) is 0 Å². The van der Waals surface area contributed by atoms with Crippen molar-refractivity contribution in [3.63, 3.8) is 0 Å². The van der Waals surface area contributed by atoms with Crippen molar-refractivity contribution in [3.8, 4) is 0 Å². The number of hydrogen-bond donors (Lipinski definition) is 0. The molecule has 0 unspecified atom stereocenters. The Labute approximate surface area is 106 Å². The Kier molecular flexibility index (Phi) is 2.65. The van der Waals surface area contributed by atoms with Gasteiger partial charge in [-0.25, -0.2) is 0 Å². The molecule has 2 aliphatic carbocycles. The molecular formula is C14H25BO2. The third-order valence-corrected chi connectivity index (χ3v) is 5.71. The smallest absolute Gasteiger partial charge is 0.403 e. The highest BCUT2D eigenvalue weighted by atomic mass is 16.7. The molecule has 96 valence electrons. The summed E-state index contributed by atoms with van der Waals surface area (Å²) in [6.45, 7) is 8.63. The van der Waals surface area contributed by atoms with E-state index in [4.69, 9.17) is 9.31 Å². The highest BCUT2D eigenvalue weighted by molar-refractivity contribution is 6.48. The van der Waals surface area contributed by atoms with E-state index in [-0.39, 0.29) is 18.3 Å². The number of hydrogen-bond acceptors (Lipinski definition) is 2. The predicted octanol–water partition coefficient (Wildman–Crippen LogP) is 3.66. The van der Waals surface area contributed by atoms with Gasteiger partial charge in [-0.05, 0) is 51.8 Å². The monoisotopic (exact) mass is 236 g/mol. The van der Waals surface area contributed by atoms with Gasteiger partial charge in [0.25, 0.3) is 0 Å². The molecular weight excluding hydrogens is 211 g/mol. The molecule has 1 aliphatic heterocycles. The van der Waals surface area contributed by atoms with Gasteiger partial charge in [0.05, 0.1) is 11.2 Å². The largest absolute Gasteiger partial charge is 0.461 e. The van der Waals surface area contributed by atoms with Crippen LogP contribution in [0.3, 0.4) is 0 Å². The Hall–Kier alpha value is -0.0151. The summed E-state index contributed by atoms with van der Waals surface area (Å²) >= 11 is 0. The van der Waals surface area contributed by atoms with E-state index < -0.39 is 0 Å². The molecule has 1 heterocycles. The molecule has 3 aliphatic rings. The summed E-state index contributed by atoms with van der Waals surface area (Å²) in [5, 5.41) is 0. The maximum Gasteiger partial charge on any atom is 0.461 e. The lowest BCUT2D eigenvalue weighted by Gasteiger charge is -2.48. The van der Waals surface area contributed by atoms with Crippen molar-refractivity contribution in [1.82, 2.24) is 0 Å². The Balaban J connectivity index is 1.68. The molecule has 0 aromatic heterocycles. The first-order valence-corrected chi connectivity index (χ1v) is 7.26. The van der Waals surface area contributed by atoms with Gasteiger partial charge >= 0.3 is 7.12 Å². The van der Waals surface area contributed by atoms with E-state index in [0.29, 0.717) is 5.82 Å². The quantitative estimate of drug-likeness (QED) is 0.647. The first kappa shape index (κ1) is 12.0. The van der Waals surface area contributed by atoms with Crippen molar-refractivity contribution < 1.29 is 9.31 Å². The lowest BCUT2D eigenvalue weighted by molar-refractivity contribution is 0.00578. The molecule has 3 rings (SSSR count). The summed E-state index contributed by atoms with van der Waals surface area (Å²) in [7, 11) is 0.0550. The molecule has 1 saturated heterocycles. The molecule has 2 saturated carbocycles. The van der Waals surface area contributed by atoms with Crippen molar-refractivity contribution in [1.29, 1.82) is 0 Å². The van der Waals surface area contributed by atoms with Crippen molar-refractivity contribution in [2.75, 3.05) is 0 Å². The molecule has 0 bridgehead atoms. The van der Waals surface area contributed by atoms with Gasteiger partial charge < -0.3 is 9.31 Å². The standard InChI is InChI=1S/C14H25BO2/c1-13(2)14(3,4)17-15(16-13)12-9-10-7-5-6-8-11(10)12/h10-12H,5-9H2,1-4H3/t10-,11-,12-/m1/s1. The Morgan fingerprint density at radius 1 is 0.941 bits per heavy atom. The number of fused-ring (bicyclic) bond motifs is 1. The second-order valence-electron chi connectivity index (χ2n) is 7.23. The van der Waals surface area contributed by atoms with Gasteiger partial charge in [-0.1, -0.05) is 25.7 Å². The van der Waals surface area contributed by atoms with Crippen LogP contribution in [-0.4, -0.2) is 18.3 Å². The second-order valence-corrected chi connectivity index (χ2v) is 7.23. The molecule has 2 nitrogen and oxygen atoms in total. The lowest BCUT2D eigenvalue weighted by atomic mass is 9.46. The lowest BCUT2D eigenvalue weighted by Crippen LogP contribution is -2.44. The molecule has 3 atom stereocenters. The zero-order valence-corrected chi connectivity index (χ0v) is 11.7. The summed E-state index contributed by atoms with van der Waals surface area (Å²) in [6, 6.07) is 0. The highest BCUT2D eigenvalue weighted by Gasteiger charge is 2.58. The molecule has 0 aromatic carbocycles. The van der Waals surface area contributed by atoms with Crippen LogP contribution < -0.4 is 0 Å². The van der Waals surface area contributed by atoms with E-state index in [1.807, 2.05) is 0 Å². The van der Waals surface area contributed by atoms with Crippen molar-refractivity contribution >= 4 is 7.12 Å². The molecule has 0 aromatic rings. The van der Waals surface area contributed by atoms with Crippen molar-refractivity contribution in [2.45, 2.75) is 76.8 Å². The Bertz CT molecular complexity index is 297. The first-order valence-electron chi connectivity index (χ1n) is 7.26. The Morgan fingerprint density at radius 2 is 1.53 bits per heavy atom. The maximum atomic E-state index is 6.19. The normalized spacial score (nSPS) is 43.1. The third kappa shape index (κ3) is 1.77. The van der Waals surface area contributed by atoms with Gasteiger partial charge in [0.1, 0.15) is 0 Å². The molecule has 3 heteroatoms. The summed E-state index contributed by atoms with van der Waals surface area (Å²) in [6.07, 6.45) is 7.04. The SMILES string of the molecule is CC1(C)OB([C@@H]2C[C@H]3CCCC[C@H]32)OC1(C)C. The van der Waals surface area contributed by atoms with Gasteiger partial charge in [-0.15, -0.1) is 0 Å². The van der Waals surface area contributed by atoms with E-state index in [0.717, 1.165) is 11.8 Å². The van der Waals surface area contributed by atoms with E-state index in [9.17, 15) is 0 Å². The summed E-state index contributed by atoms with van der Waals surface area (Å²) in [5.74, 6) is 2.53. The zero-order valence-electron chi connectivity index (χ0n) is 11.7. The molecule has 17 heavy (non-hydrogen) atoms. The van der Waals surface area contributed by atoms with Crippen LogP contribution in [0, 0.1) is 11.8 Å². The highest BCUT2D eigenvalue weighted by Crippen LogP contribution is 2.57. The van der Waals surface area contributed by atoms with Crippen LogP contribution in [0.2, 0.25) is 5.82 Å². The van der Waals surface area contributed by atoms with Gasteiger partial charge in [0.2, 0.25) is 0 Å². The number of rotatable bonds is 1. The van der Waals surface area contributed by atoms with Crippen LogP contribution in [0.5, 0.6) is 0 Å². The maximum absolute atomic E-state index is 6.19. The molecule has 0 amide bonds. The van der Waals surface area contributed by atoms with Crippen LogP contribution >= 0.6 is 0 Å². The second kappa shape index (κ2) is 3.74. The minimum atomic E-state index is -0.155. The minimum absolute atomic E-state index is 0.0550. The van der Waals surface area contributed by atoms with Crippen LogP contribution in [0.25, 0.3) is 0 Å². The van der Waals surface area contributed by atoms with E-state index in [2.05, 4.69) is 27.7 Å². The summed E-state index contributed by atoms with van der Waals surface area (Å²) in [4.78, 5) is 0. The predicted molar refractivity (Wildman–Crippen MR) is 69.9 cm³/mol. The van der Waals surface area contributed by atoms with Gasteiger partial charge in [-0.2, -0.15) is 0 Å². The van der Waals surface area contributed by atoms with Gasteiger partial charge in [0, 0.05) is 0 Å². The fourth-order valence-electron chi connectivity index (χ4n) is 3.80. The molecule has 0 N–H and O–H groups in total. The van der Waals surface area contributed by atoms with Gasteiger partial charge in [-0.3, -0.25) is 0 Å². The van der Waals surface area contributed by atoms with E-state index in [1.165, 1.54) is 32.1 Å². The fourth-order valence-corrected chi connectivity index (χ4v) is 3.80. The third-order valence-electron chi connectivity index (χ3n) is 5.71. The van der Waals surface area contributed by atoms with Crippen molar-refractivity contribution in [3.05, 3.63) is 0 Å². The zero-order chi connectivity index (χ0) is 12.3. The van der Waals surface area contributed by atoms with Crippen LogP contribution in [0.1, 0.15) is 59.8 Å². The fraction of sp³-hybridized carbons (Fsp3) is 1.00. The van der Waals surface area contributed by atoms with Crippen LogP contribution in [-0.2, 0) is 9.31 Å².